The van der Waals surface area contributed by atoms with Crippen LogP contribution in [0.1, 0.15) is 91.9 Å². The van der Waals surface area contributed by atoms with Gasteiger partial charge in [-0.2, -0.15) is 0 Å². The summed E-state index contributed by atoms with van der Waals surface area (Å²) in [5.74, 6) is -0.755. The van der Waals surface area contributed by atoms with Gasteiger partial charge in [0.05, 0.1) is 0 Å². The van der Waals surface area contributed by atoms with Crippen LogP contribution in [0.25, 0.3) is 6.08 Å². The zero-order chi connectivity index (χ0) is 21.1. The normalized spacial score (nSPS) is 23.2. The van der Waals surface area contributed by atoms with Crippen LogP contribution in [-0.4, -0.2) is 0 Å². The van der Waals surface area contributed by atoms with E-state index < -0.39 is 11.6 Å². The lowest BCUT2D eigenvalue weighted by Crippen LogP contribution is -2.13. The molecule has 0 aromatic heterocycles. The number of hydrogen-bond donors (Lipinski definition) is 0. The van der Waals surface area contributed by atoms with Crippen molar-refractivity contribution in [3.05, 3.63) is 76.1 Å². The Balaban J connectivity index is 1.39. The first-order valence-corrected chi connectivity index (χ1v) is 11.4. The molecule has 0 spiro atoms. The number of aryl methyl sites for hydroxylation is 1. The highest BCUT2D eigenvalue weighted by Gasteiger charge is 2.24. The van der Waals surface area contributed by atoms with Gasteiger partial charge in [-0.3, -0.25) is 0 Å². The molecule has 2 saturated carbocycles. The van der Waals surface area contributed by atoms with Crippen molar-refractivity contribution in [2.24, 2.45) is 5.92 Å². The van der Waals surface area contributed by atoms with E-state index in [0.717, 1.165) is 62.5 Å². The summed E-state index contributed by atoms with van der Waals surface area (Å²) in [5.41, 5.74) is 2.63. The number of hydrogen-bond acceptors (Lipinski definition) is 0. The maximum Gasteiger partial charge on any atom is 0.166 e. The minimum Gasteiger partial charge on any atom is -0.207 e. The molecule has 2 fully saturated rings. The van der Waals surface area contributed by atoms with Gasteiger partial charge in [-0.25, -0.2) is 13.2 Å². The second-order valence-electron chi connectivity index (χ2n) is 9.20. The molecule has 0 radical (unpaired) electrons. The highest BCUT2D eigenvalue weighted by molar-refractivity contribution is 5.52. The van der Waals surface area contributed by atoms with Crippen LogP contribution < -0.4 is 0 Å². The number of rotatable bonds is 4. The Labute approximate surface area is 178 Å². The van der Waals surface area contributed by atoms with Crippen LogP contribution in [0.15, 0.2) is 36.4 Å². The van der Waals surface area contributed by atoms with E-state index in [1.807, 2.05) is 25.1 Å². The van der Waals surface area contributed by atoms with Gasteiger partial charge in [0.15, 0.2) is 11.6 Å². The molecule has 2 aliphatic rings. The van der Waals surface area contributed by atoms with Gasteiger partial charge in [0.1, 0.15) is 5.82 Å². The van der Waals surface area contributed by atoms with Crippen molar-refractivity contribution in [1.82, 2.24) is 0 Å². The second kappa shape index (κ2) is 9.41. The molecule has 160 valence electrons. The first-order valence-electron chi connectivity index (χ1n) is 11.4. The molecule has 30 heavy (non-hydrogen) atoms. The van der Waals surface area contributed by atoms with Crippen molar-refractivity contribution in [3.63, 3.8) is 0 Å². The molecule has 4 rings (SSSR count). The molecule has 2 aromatic carbocycles. The van der Waals surface area contributed by atoms with Crippen LogP contribution in [0.4, 0.5) is 13.2 Å². The summed E-state index contributed by atoms with van der Waals surface area (Å²) in [7, 11) is 0. The standard InChI is InChI=1S/C27H31F3/c1-18-7-15-23(25(28)17-18)21-11-8-19(9-12-21)10-13-22-14-16-24(27(30)26(22)29)20-5-3-2-4-6-20/h7,10,13-17,19-21H,2-6,8-9,11-12H2,1H3/b13-10+. The lowest BCUT2D eigenvalue weighted by molar-refractivity contribution is 0.369. The predicted molar refractivity (Wildman–Crippen MR) is 117 cm³/mol. The average Bonchev–Trinajstić information content (AvgIpc) is 2.76. The topological polar surface area (TPSA) is 0 Å². The molecular weight excluding hydrogens is 381 g/mol. The van der Waals surface area contributed by atoms with E-state index in [1.165, 1.54) is 6.42 Å². The Morgan fingerprint density at radius 2 is 1.40 bits per heavy atom. The molecule has 2 aliphatic carbocycles. The fraction of sp³-hybridized carbons (Fsp3) is 0.481. The van der Waals surface area contributed by atoms with Gasteiger partial charge in [0.2, 0.25) is 0 Å². The quantitative estimate of drug-likeness (QED) is 0.472. The molecule has 0 bridgehead atoms. The van der Waals surface area contributed by atoms with Crippen molar-refractivity contribution in [1.29, 1.82) is 0 Å². The van der Waals surface area contributed by atoms with Crippen LogP contribution >= 0.6 is 0 Å². The van der Waals surface area contributed by atoms with Crippen LogP contribution in [0.5, 0.6) is 0 Å². The molecule has 0 heterocycles. The molecule has 3 heteroatoms. The molecule has 0 N–H and O–H groups in total. The zero-order valence-corrected chi connectivity index (χ0v) is 17.8. The Kier molecular flexibility index (Phi) is 6.65. The highest BCUT2D eigenvalue weighted by Crippen LogP contribution is 2.38. The summed E-state index contributed by atoms with van der Waals surface area (Å²) >= 11 is 0. The van der Waals surface area contributed by atoms with E-state index in [0.29, 0.717) is 17.0 Å². The SMILES string of the molecule is Cc1ccc(C2CCC(/C=C/c3ccc(C4CCCCC4)c(F)c3F)CC2)c(F)c1. The summed E-state index contributed by atoms with van der Waals surface area (Å²) in [5, 5.41) is 0. The lowest BCUT2D eigenvalue weighted by atomic mass is 9.78. The second-order valence-corrected chi connectivity index (χ2v) is 9.20. The van der Waals surface area contributed by atoms with Gasteiger partial charge in [0.25, 0.3) is 0 Å². The Bertz CT molecular complexity index is 901. The Morgan fingerprint density at radius 1 is 0.733 bits per heavy atom. The van der Waals surface area contributed by atoms with Gasteiger partial charge in [-0.15, -0.1) is 0 Å². The Hall–Kier alpha value is -2.03. The Morgan fingerprint density at radius 3 is 2.10 bits per heavy atom. The van der Waals surface area contributed by atoms with Crippen molar-refractivity contribution >= 4 is 6.08 Å². The number of benzene rings is 2. The summed E-state index contributed by atoms with van der Waals surface area (Å²) in [4.78, 5) is 0. The maximum atomic E-state index is 14.7. The number of allylic oxidation sites excluding steroid dienone is 1. The van der Waals surface area contributed by atoms with Gasteiger partial charge in [-0.05, 0) is 86.0 Å². The fourth-order valence-corrected chi connectivity index (χ4v) is 5.26. The van der Waals surface area contributed by atoms with E-state index in [9.17, 15) is 13.2 Å². The minimum atomic E-state index is -0.718. The molecule has 0 saturated heterocycles. The third-order valence-electron chi connectivity index (χ3n) is 7.10. The van der Waals surface area contributed by atoms with E-state index in [-0.39, 0.29) is 17.7 Å². The number of halogens is 3. The van der Waals surface area contributed by atoms with Gasteiger partial charge in [-0.1, -0.05) is 55.7 Å². The van der Waals surface area contributed by atoms with Crippen molar-refractivity contribution in [2.45, 2.75) is 76.5 Å². The van der Waals surface area contributed by atoms with Crippen LogP contribution in [0.3, 0.4) is 0 Å². The fourth-order valence-electron chi connectivity index (χ4n) is 5.26. The zero-order valence-electron chi connectivity index (χ0n) is 17.8. The third kappa shape index (κ3) is 4.66. The van der Waals surface area contributed by atoms with Gasteiger partial charge in [0, 0.05) is 5.56 Å². The summed E-state index contributed by atoms with van der Waals surface area (Å²) in [6.07, 6.45) is 12.8. The largest absolute Gasteiger partial charge is 0.207 e. The molecule has 0 atom stereocenters. The molecular formula is C27H31F3. The molecule has 0 unspecified atom stereocenters. The monoisotopic (exact) mass is 412 g/mol. The van der Waals surface area contributed by atoms with Crippen LogP contribution in [0.2, 0.25) is 0 Å². The first-order chi connectivity index (χ1) is 14.5. The average molecular weight is 413 g/mol. The van der Waals surface area contributed by atoms with Crippen LogP contribution in [-0.2, 0) is 0 Å². The van der Waals surface area contributed by atoms with Crippen molar-refractivity contribution in [2.75, 3.05) is 0 Å². The molecule has 0 nitrogen and oxygen atoms in total. The van der Waals surface area contributed by atoms with Gasteiger partial charge < -0.3 is 0 Å². The third-order valence-corrected chi connectivity index (χ3v) is 7.10. The van der Waals surface area contributed by atoms with E-state index in [4.69, 9.17) is 0 Å². The maximum absolute atomic E-state index is 14.7. The summed E-state index contributed by atoms with van der Waals surface area (Å²) in [6, 6.07) is 9.00. The van der Waals surface area contributed by atoms with E-state index in [2.05, 4.69) is 0 Å². The van der Waals surface area contributed by atoms with Gasteiger partial charge >= 0.3 is 0 Å². The lowest BCUT2D eigenvalue weighted by Gasteiger charge is -2.27. The predicted octanol–water partition coefficient (Wildman–Crippen LogP) is 8.45. The van der Waals surface area contributed by atoms with Crippen molar-refractivity contribution < 1.29 is 13.2 Å². The molecule has 0 aliphatic heterocycles. The minimum absolute atomic E-state index is 0.107. The summed E-state index contributed by atoms with van der Waals surface area (Å²) in [6.45, 7) is 1.90. The molecule has 2 aromatic rings. The van der Waals surface area contributed by atoms with E-state index >= 15 is 0 Å². The first kappa shape index (κ1) is 21.2. The highest BCUT2D eigenvalue weighted by atomic mass is 19.2. The van der Waals surface area contributed by atoms with Crippen molar-refractivity contribution in [3.8, 4) is 0 Å². The smallest absolute Gasteiger partial charge is 0.166 e. The summed E-state index contributed by atoms with van der Waals surface area (Å²) < 4.78 is 43.6. The van der Waals surface area contributed by atoms with Crippen LogP contribution in [0, 0.1) is 30.3 Å². The molecule has 0 amide bonds. The van der Waals surface area contributed by atoms with E-state index in [1.54, 1.807) is 24.3 Å².